The van der Waals surface area contributed by atoms with Gasteiger partial charge in [-0.05, 0) is 26.8 Å². The van der Waals surface area contributed by atoms with Crippen molar-refractivity contribution in [3.05, 3.63) is 46.8 Å². The van der Waals surface area contributed by atoms with Crippen molar-refractivity contribution in [3.63, 3.8) is 0 Å². The van der Waals surface area contributed by atoms with Crippen molar-refractivity contribution < 1.29 is 19.1 Å². The minimum Gasteiger partial charge on any atom is -0.496 e. The zero-order chi connectivity index (χ0) is 20.3. The number of carbonyl (C=O) groups is 2. The van der Waals surface area contributed by atoms with Crippen LogP contribution in [0.4, 0.5) is 4.79 Å². The maximum Gasteiger partial charge on any atom is 0.410 e. The number of amides is 2. The van der Waals surface area contributed by atoms with E-state index in [4.69, 9.17) is 9.47 Å². The van der Waals surface area contributed by atoms with Gasteiger partial charge in [0.2, 0.25) is 0 Å². The van der Waals surface area contributed by atoms with Gasteiger partial charge in [0.25, 0.3) is 5.91 Å². The monoisotopic (exact) mass is 386 g/mol. The molecule has 28 heavy (non-hydrogen) atoms. The van der Waals surface area contributed by atoms with Gasteiger partial charge in [0.05, 0.1) is 13.7 Å². The number of nitrogens with one attached hydrogen (secondary N) is 2. The van der Waals surface area contributed by atoms with Crippen molar-refractivity contribution in [2.24, 2.45) is 0 Å². The molecule has 1 aromatic carbocycles. The van der Waals surface area contributed by atoms with Crippen molar-refractivity contribution in [1.29, 1.82) is 0 Å². The lowest BCUT2D eigenvalue weighted by atomic mass is 10.1. The highest BCUT2D eigenvalue weighted by atomic mass is 16.6. The highest BCUT2D eigenvalue weighted by Gasteiger charge is 2.30. The molecule has 2 heterocycles. The number of methoxy groups -OCH3 is 1. The minimum atomic E-state index is -0.567. The third kappa shape index (κ3) is 4.44. The number of benzene rings is 1. The topological polar surface area (TPSA) is 96.5 Å². The zero-order valence-corrected chi connectivity index (χ0v) is 16.7. The summed E-state index contributed by atoms with van der Waals surface area (Å²) in [6, 6.07) is 7.50. The number of carbonyl (C=O) groups excluding carboxylic acids is 2. The summed E-state index contributed by atoms with van der Waals surface area (Å²) in [4.78, 5) is 26.7. The zero-order valence-electron chi connectivity index (χ0n) is 16.7. The Morgan fingerprint density at radius 1 is 1.29 bits per heavy atom. The van der Waals surface area contributed by atoms with Crippen LogP contribution < -0.4 is 10.1 Å². The number of aromatic amines is 1. The molecule has 0 aliphatic carbocycles. The van der Waals surface area contributed by atoms with Gasteiger partial charge in [0, 0.05) is 36.3 Å². The average Bonchev–Trinajstić information content (AvgIpc) is 3.08. The molecule has 1 aliphatic heterocycles. The summed E-state index contributed by atoms with van der Waals surface area (Å²) >= 11 is 0. The van der Waals surface area contributed by atoms with Crippen LogP contribution in [0.2, 0.25) is 0 Å². The number of hydrogen-bond acceptors (Lipinski definition) is 5. The molecule has 8 nitrogen and oxygen atoms in total. The molecule has 0 saturated carbocycles. The molecule has 2 aromatic rings. The highest BCUT2D eigenvalue weighted by Crippen LogP contribution is 2.23. The summed E-state index contributed by atoms with van der Waals surface area (Å²) in [6.07, 6.45) is 0.209. The first-order chi connectivity index (χ1) is 13.3. The average molecular weight is 386 g/mol. The third-order valence-electron chi connectivity index (χ3n) is 4.43. The number of rotatable bonds is 4. The highest BCUT2D eigenvalue weighted by molar-refractivity contribution is 5.94. The first-order valence-electron chi connectivity index (χ1n) is 9.22. The van der Waals surface area contributed by atoms with Crippen LogP contribution >= 0.6 is 0 Å². The summed E-state index contributed by atoms with van der Waals surface area (Å²) in [5.74, 6) is 0.414. The lowest BCUT2D eigenvalue weighted by Crippen LogP contribution is -2.40. The largest absolute Gasteiger partial charge is 0.496 e. The van der Waals surface area contributed by atoms with Gasteiger partial charge in [-0.2, -0.15) is 5.10 Å². The number of para-hydroxylation sites is 1. The maximum absolute atomic E-state index is 12.7. The van der Waals surface area contributed by atoms with Gasteiger partial charge >= 0.3 is 6.09 Å². The fraction of sp³-hybridized carbons (Fsp3) is 0.450. The first kappa shape index (κ1) is 19.7. The normalized spacial score (nSPS) is 13.6. The Hall–Kier alpha value is -3.03. The van der Waals surface area contributed by atoms with Crippen LogP contribution in [0.1, 0.15) is 48.1 Å². The van der Waals surface area contributed by atoms with E-state index in [9.17, 15) is 9.59 Å². The predicted octanol–water partition coefficient (Wildman–Crippen LogP) is 2.64. The summed E-state index contributed by atoms with van der Waals surface area (Å²) < 4.78 is 10.7. The molecule has 0 radical (unpaired) electrons. The van der Waals surface area contributed by atoms with E-state index < -0.39 is 5.60 Å². The Labute approximate surface area is 164 Å². The fourth-order valence-electron chi connectivity index (χ4n) is 3.07. The standard InChI is InChI=1S/C20H26N4O4/c1-20(2,3)28-19(26)24-10-9-15-14(12-24)17(23-22-15)18(25)21-11-13-7-5-6-8-16(13)27-4/h5-8H,9-12H2,1-4H3,(H,21,25)(H,22,23). The molecule has 3 rings (SSSR count). The predicted molar refractivity (Wildman–Crippen MR) is 103 cm³/mol. The molecule has 0 unspecified atom stereocenters. The Morgan fingerprint density at radius 2 is 2.04 bits per heavy atom. The second-order valence-corrected chi connectivity index (χ2v) is 7.68. The van der Waals surface area contributed by atoms with E-state index in [1.807, 2.05) is 45.0 Å². The third-order valence-corrected chi connectivity index (χ3v) is 4.43. The van der Waals surface area contributed by atoms with Gasteiger partial charge < -0.3 is 19.7 Å². The van der Waals surface area contributed by atoms with Crippen LogP contribution in [-0.4, -0.2) is 46.4 Å². The molecular weight excluding hydrogens is 360 g/mol. The molecule has 1 aromatic heterocycles. The summed E-state index contributed by atoms with van der Waals surface area (Å²) in [5.41, 5.74) is 2.22. The second kappa shape index (κ2) is 7.92. The molecular formula is C20H26N4O4. The van der Waals surface area contributed by atoms with Gasteiger partial charge in [-0.1, -0.05) is 18.2 Å². The van der Waals surface area contributed by atoms with Crippen LogP contribution in [0, 0.1) is 0 Å². The van der Waals surface area contributed by atoms with E-state index in [2.05, 4.69) is 15.5 Å². The Bertz CT molecular complexity index is 869. The van der Waals surface area contributed by atoms with E-state index in [-0.39, 0.29) is 18.5 Å². The van der Waals surface area contributed by atoms with Crippen molar-refractivity contribution >= 4 is 12.0 Å². The molecule has 2 amide bonds. The Kier molecular flexibility index (Phi) is 5.58. The van der Waals surface area contributed by atoms with Crippen molar-refractivity contribution in [2.75, 3.05) is 13.7 Å². The second-order valence-electron chi connectivity index (χ2n) is 7.68. The smallest absolute Gasteiger partial charge is 0.410 e. The molecule has 0 atom stereocenters. The lowest BCUT2D eigenvalue weighted by molar-refractivity contribution is 0.0222. The SMILES string of the molecule is COc1ccccc1CNC(=O)c1n[nH]c2c1CN(C(=O)OC(C)(C)C)CC2. The van der Waals surface area contributed by atoms with Crippen LogP contribution in [0.15, 0.2) is 24.3 Å². The van der Waals surface area contributed by atoms with Crippen molar-refractivity contribution in [1.82, 2.24) is 20.4 Å². The van der Waals surface area contributed by atoms with Crippen molar-refractivity contribution in [3.8, 4) is 5.75 Å². The van der Waals surface area contributed by atoms with Gasteiger partial charge in [-0.3, -0.25) is 9.89 Å². The lowest BCUT2D eigenvalue weighted by Gasteiger charge is -2.30. The number of aromatic nitrogens is 2. The molecule has 0 bridgehead atoms. The molecule has 8 heteroatoms. The molecule has 150 valence electrons. The van der Waals surface area contributed by atoms with E-state index in [1.165, 1.54) is 0 Å². The van der Waals surface area contributed by atoms with Crippen LogP contribution in [0.25, 0.3) is 0 Å². The number of H-pyrrole nitrogens is 1. The van der Waals surface area contributed by atoms with E-state index in [0.29, 0.717) is 31.0 Å². The summed E-state index contributed by atoms with van der Waals surface area (Å²) in [6.45, 7) is 6.61. The quantitative estimate of drug-likeness (QED) is 0.842. The van der Waals surface area contributed by atoms with Crippen LogP contribution in [0.3, 0.4) is 0 Å². The fourth-order valence-corrected chi connectivity index (χ4v) is 3.07. The van der Waals surface area contributed by atoms with Gasteiger partial charge in [-0.15, -0.1) is 0 Å². The van der Waals surface area contributed by atoms with Crippen LogP contribution in [0.5, 0.6) is 5.75 Å². The molecule has 2 N–H and O–H groups in total. The minimum absolute atomic E-state index is 0.290. The van der Waals surface area contributed by atoms with Crippen molar-refractivity contribution in [2.45, 2.75) is 45.9 Å². The molecule has 0 fully saturated rings. The Balaban J connectivity index is 1.69. The Morgan fingerprint density at radius 3 is 2.75 bits per heavy atom. The van der Waals surface area contributed by atoms with Gasteiger partial charge in [0.15, 0.2) is 5.69 Å². The van der Waals surface area contributed by atoms with E-state index >= 15 is 0 Å². The maximum atomic E-state index is 12.7. The van der Waals surface area contributed by atoms with E-state index in [0.717, 1.165) is 16.8 Å². The number of hydrogen-bond donors (Lipinski definition) is 2. The molecule has 0 spiro atoms. The number of nitrogens with zero attached hydrogens (tertiary/aromatic N) is 2. The van der Waals surface area contributed by atoms with Gasteiger partial charge in [-0.25, -0.2) is 4.79 Å². The molecule has 0 saturated heterocycles. The van der Waals surface area contributed by atoms with Crippen LogP contribution in [-0.2, 0) is 24.2 Å². The van der Waals surface area contributed by atoms with E-state index in [1.54, 1.807) is 12.0 Å². The van der Waals surface area contributed by atoms with Gasteiger partial charge in [0.1, 0.15) is 11.4 Å². The number of ether oxygens (including phenoxy) is 2. The summed E-state index contributed by atoms with van der Waals surface area (Å²) in [5, 5.41) is 9.97. The first-order valence-corrected chi connectivity index (χ1v) is 9.22. The summed E-state index contributed by atoms with van der Waals surface area (Å²) in [7, 11) is 1.59. The number of fused-ring (bicyclic) bond motifs is 1. The molecule has 1 aliphatic rings.